The van der Waals surface area contributed by atoms with Gasteiger partial charge in [-0.1, -0.05) is 0 Å². The van der Waals surface area contributed by atoms with Crippen LogP contribution in [0.15, 0.2) is 0 Å². The molecule has 1 rings (SSSR count). The SMILES string of the molecule is CN(C)CC1CN(CC#N)C1. The maximum atomic E-state index is 8.37. The first kappa shape index (κ1) is 8.51. The van der Waals surface area contributed by atoms with Gasteiger partial charge in [-0.15, -0.1) is 0 Å². The summed E-state index contributed by atoms with van der Waals surface area (Å²) in [4.78, 5) is 4.38. The molecule has 0 N–H and O–H groups in total. The maximum absolute atomic E-state index is 8.37. The monoisotopic (exact) mass is 153 g/mol. The van der Waals surface area contributed by atoms with E-state index in [2.05, 4.69) is 30.0 Å². The largest absolute Gasteiger partial charge is 0.309 e. The van der Waals surface area contributed by atoms with Crippen LogP contribution in [0.25, 0.3) is 0 Å². The molecule has 0 amide bonds. The molecule has 62 valence electrons. The third-order valence-corrected chi connectivity index (χ3v) is 1.95. The topological polar surface area (TPSA) is 30.3 Å². The first-order valence-electron chi connectivity index (χ1n) is 3.96. The van der Waals surface area contributed by atoms with Crippen LogP contribution in [-0.4, -0.2) is 50.1 Å². The standard InChI is InChI=1S/C8H15N3/c1-10(2)5-8-6-11(7-8)4-3-9/h8H,4-7H2,1-2H3. The van der Waals surface area contributed by atoms with Gasteiger partial charge in [0.2, 0.25) is 0 Å². The van der Waals surface area contributed by atoms with Crippen LogP contribution in [0.3, 0.4) is 0 Å². The molecular weight excluding hydrogens is 138 g/mol. The molecule has 1 fully saturated rings. The molecule has 0 saturated carbocycles. The first-order valence-corrected chi connectivity index (χ1v) is 3.96. The van der Waals surface area contributed by atoms with Crippen LogP contribution in [0.1, 0.15) is 0 Å². The Morgan fingerprint density at radius 1 is 1.55 bits per heavy atom. The van der Waals surface area contributed by atoms with E-state index in [9.17, 15) is 0 Å². The Balaban J connectivity index is 2.06. The Labute approximate surface area is 68.2 Å². The Kier molecular flexibility index (Phi) is 2.86. The van der Waals surface area contributed by atoms with E-state index in [0.717, 1.165) is 25.6 Å². The summed E-state index contributed by atoms with van der Waals surface area (Å²) in [5, 5.41) is 8.37. The van der Waals surface area contributed by atoms with Gasteiger partial charge >= 0.3 is 0 Å². The van der Waals surface area contributed by atoms with Crippen LogP contribution in [0.5, 0.6) is 0 Å². The van der Waals surface area contributed by atoms with Gasteiger partial charge in [0.15, 0.2) is 0 Å². The summed E-state index contributed by atoms with van der Waals surface area (Å²) in [5.74, 6) is 0.790. The highest BCUT2D eigenvalue weighted by Gasteiger charge is 2.25. The molecule has 0 unspecified atom stereocenters. The van der Waals surface area contributed by atoms with Crippen LogP contribution in [0.2, 0.25) is 0 Å². The van der Waals surface area contributed by atoms with E-state index >= 15 is 0 Å². The van der Waals surface area contributed by atoms with Crippen molar-refractivity contribution in [3.63, 3.8) is 0 Å². The Morgan fingerprint density at radius 3 is 2.64 bits per heavy atom. The number of rotatable bonds is 3. The molecule has 0 aliphatic carbocycles. The summed E-state index contributed by atoms with van der Waals surface area (Å²) < 4.78 is 0. The van der Waals surface area contributed by atoms with E-state index in [4.69, 9.17) is 5.26 Å². The van der Waals surface area contributed by atoms with Gasteiger partial charge in [-0.2, -0.15) is 5.26 Å². The summed E-state index contributed by atoms with van der Waals surface area (Å²) in [6.07, 6.45) is 0. The molecular formula is C8H15N3. The van der Waals surface area contributed by atoms with E-state index < -0.39 is 0 Å². The fraction of sp³-hybridized carbons (Fsp3) is 0.875. The van der Waals surface area contributed by atoms with Crippen LogP contribution in [0.4, 0.5) is 0 Å². The van der Waals surface area contributed by atoms with Crippen molar-refractivity contribution in [3.05, 3.63) is 0 Å². The van der Waals surface area contributed by atoms with Gasteiger partial charge in [-0.05, 0) is 20.0 Å². The summed E-state index contributed by atoms with van der Waals surface area (Å²) in [6, 6.07) is 2.16. The lowest BCUT2D eigenvalue weighted by Crippen LogP contribution is -2.50. The van der Waals surface area contributed by atoms with Gasteiger partial charge in [0, 0.05) is 19.6 Å². The van der Waals surface area contributed by atoms with E-state index in [1.165, 1.54) is 0 Å². The fourth-order valence-corrected chi connectivity index (χ4v) is 1.54. The molecule has 3 heteroatoms. The zero-order chi connectivity index (χ0) is 8.27. The average Bonchev–Trinajstić information content (AvgIpc) is 1.82. The molecule has 0 aromatic rings. The van der Waals surface area contributed by atoms with Gasteiger partial charge in [-0.25, -0.2) is 0 Å². The zero-order valence-corrected chi connectivity index (χ0v) is 7.25. The number of hydrogen-bond donors (Lipinski definition) is 0. The minimum absolute atomic E-state index is 0.601. The zero-order valence-electron chi connectivity index (χ0n) is 7.25. The molecule has 1 aliphatic heterocycles. The highest BCUT2D eigenvalue weighted by Crippen LogP contribution is 2.14. The van der Waals surface area contributed by atoms with Crippen LogP contribution < -0.4 is 0 Å². The van der Waals surface area contributed by atoms with Crippen molar-refractivity contribution in [3.8, 4) is 6.07 Å². The second-order valence-corrected chi connectivity index (χ2v) is 3.48. The van der Waals surface area contributed by atoms with Crippen LogP contribution >= 0.6 is 0 Å². The smallest absolute Gasteiger partial charge is 0.0866 e. The molecule has 0 spiro atoms. The van der Waals surface area contributed by atoms with E-state index in [1.54, 1.807) is 0 Å². The van der Waals surface area contributed by atoms with Crippen molar-refractivity contribution in [2.45, 2.75) is 0 Å². The summed E-state index contributed by atoms with van der Waals surface area (Å²) in [6.45, 7) is 3.96. The number of hydrogen-bond acceptors (Lipinski definition) is 3. The van der Waals surface area contributed by atoms with Crippen molar-refractivity contribution in [2.24, 2.45) is 5.92 Å². The van der Waals surface area contributed by atoms with Crippen molar-refractivity contribution in [2.75, 3.05) is 40.3 Å². The number of nitriles is 1. The summed E-state index contributed by atoms with van der Waals surface area (Å²) >= 11 is 0. The third-order valence-electron chi connectivity index (χ3n) is 1.95. The van der Waals surface area contributed by atoms with E-state index in [-0.39, 0.29) is 0 Å². The lowest BCUT2D eigenvalue weighted by molar-refractivity contribution is 0.0941. The normalized spacial score (nSPS) is 19.8. The molecule has 0 bridgehead atoms. The van der Waals surface area contributed by atoms with Crippen molar-refractivity contribution in [1.82, 2.24) is 9.80 Å². The van der Waals surface area contributed by atoms with Crippen molar-refractivity contribution >= 4 is 0 Å². The van der Waals surface area contributed by atoms with E-state index in [0.29, 0.717) is 6.54 Å². The lowest BCUT2D eigenvalue weighted by atomic mass is 10.0. The van der Waals surface area contributed by atoms with Gasteiger partial charge in [0.25, 0.3) is 0 Å². The molecule has 1 saturated heterocycles. The van der Waals surface area contributed by atoms with Gasteiger partial charge in [-0.3, -0.25) is 4.90 Å². The average molecular weight is 153 g/mol. The van der Waals surface area contributed by atoms with E-state index in [1.807, 2.05) is 0 Å². The molecule has 11 heavy (non-hydrogen) atoms. The molecule has 3 nitrogen and oxygen atoms in total. The molecule has 0 atom stereocenters. The number of likely N-dealkylation sites (tertiary alicyclic amines) is 1. The Morgan fingerprint density at radius 2 is 2.18 bits per heavy atom. The van der Waals surface area contributed by atoms with Crippen LogP contribution in [-0.2, 0) is 0 Å². The minimum Gasteiger partial charge on any atom is -0.309 e. The Bertz CT molecular complexity index is 153. The lowest BCUT2D eigenvalue weighted by Gasteiger charge is -2.38. The minimum atomic E-state index is 0.601. The highest BCUT2D eigenvalue weighted by molar-refractivity contribution is 4.87. The Hall–Kier alpha value is -0.590. The fourth-order valence-electron chi connectivity index (χ4n) is 1.54. The first-order chi connectivity index (χ1) is 5.22. The predicted octanol–water partition coefficient (Wildman–Crippen LogP) is 0.00338. The van der Waals surface area contributed by atoms with Crippen molar-refractivity contribution < 1.29 is 0 Å². The van der Waals surface area contributed by atoms with Gasteiger partial charge < -0.3 is 4.90 Å². The molecule has 0 aromatic heterocycles. The quantitative estimate of drug-likeness (QED) is 0.535. The molecule has 0 radical (unpaired) electrons. The highest BCUT2D eigenvalue weighted by atomic mass is 15.2. The van der Waals surface area contributed by atoms with Crippen molar-refractivity contribution in [1.29, 1.82) is 5.26 Å². The maximum Gasteiger partial charge on any atom is 0.0866 e. The number of nitrogens with zero attached hydrogens (tertiary/aromatic N) is 3. The van der Waals surface area contributed by atoms with Crippen LogP contribution in [0, 0.1) is 17.2 Å². The van der Waals surface area contributed by atoms with Gasteiger partial charge in [0.05, 0.1) is 12.6 Å². The summed E-state index contributed by atoms with van der Waals surface area (Å²) in [7, 11) is 4.18. The third kappa shape index (κ3) is 2.49. The second-order valence-electron chi connectivity index (χ2n) is 3.48. The second kappa shape index (κ2) is 3.70. The van der Waals surface area contributed by atoms with Gasteiger partial charge in [0.1, 0.15) is 0 Å². The molecule has 1 heterocycles. The molecule has 1 aliphatic rings. The summed E-state index contributed by atoms with van der Waals surface area (Å²) in [5.41, 5.74) is 0. The molecule has 0 aromatic carbocycles. The predicted molar refractivity (Wildman–Crippen MR) is 44.1 cm³/mol.